The summed E-state index contributed by atoms with van der Waals surface area (Å²) in [6, 6.07) is 16.6. The molecule has 0 bridgehead atoms. The SMILES string of the molecule is Cc1nc(NCc2ccccc2C)cc(Nc2c(C)cccc2C)n1. The van der Waals surface area contributed by atoms with Crippen LogP contribution in [0.4, 0.5) is 17.3 Å². The first-order chi connectivity index (χ1) is 12.0. The number of aromatic nitrogens is 2. The highest BCUT2D eigenvalue weighted by Gasteiger charge is 2.07. The molecule has 4 nitrogen and oxygen atoms in total. The van der Waals surface area contributed by atoms with E-state index in [9.17, 15) is 0 Å². The zero-order valence-electron chi connectivity index (χ0n) is 15.2. The van der Waals surface area contributed by atoms with Gasteiger partial charge in [0, 0.05) is 18.3 Å². The van der Waals surface area contributed by atoms with Crippen molar-refractivity contribution in [1.82, 2.24) is 9.97 Å². The van der Waals surface area contributed by atoms with Crippen molar-refractivity contribution in [1.29, 1.82) is 0 Å². The molecule has 0 amide bonds. The Morgan fingerprint density at radius 3 is 2.12 bits per heavy atom. The van der Waals surface area contributed by atoms with Crippen LogP contribution in [0.25, 0.3) is 0 Å². The van der Waals surface area contributed by atoms with Gasteiger partial charge >= 0.3 is 0 Å². The molecule has 0 atom stereocenters. The second-order valence-electron chi connectivity index (χ2n) is 6.36. The third kappa shape index (κ3) is 4.15. The van der Waals surface area contributed by atoms with E-state index in [1.54, 1.807) is 0 Å². The fourth-order valence-corrected chi connectivity index (χ4v) is 2.86. The molecule has 0 radical (unpaired) electrons. The van der Waals surface area contributed by atoms with Gasteiger partial charge in [0.2, 0.25) is 0 Å². The zero-order valence-corrected chi connectivity index (χ0v) is 15.2. The van der Waals surface area contributed by atoms with Gasteiger partial charge in [0.1, 0.15) is 17.5 Å². The van der Waals surface area contributed by atoms with Gasteiger partial charge in [0.25, 0.3) is 0 Å². The van der Waals surface area contributed by atoms with Gasteiger partial charge in [0.15, 0.2) is 0 Å². The topological polar surface area (TPSA) is 49.8 Å². The monoisotopic (exact) mass is 332 g/mol. The number of rotatable bonds is 5. The predicted molar refractivity (Wildman–Crippen MR) is 104 cm³/mol. The molecule has 1 heterocycles. The zero-order chi connectivity index (χ0) is 17.8. The van der Waals surface area contributed by atoms with Crippen LogP contribution in [0.5, 0.6) is 0 Å². The first-order valence-corrected chi connectivity index (χ1v) is 8.50. The van der Waals surface area contributed by atoms with Crippen molar-refractivity contribution in [3.63, 3.8) is 0 Å². The molecule has 0 unspecified atom stereocenters. The summed E-state index contributed by atoms with van der Waals surface area (Å²) >= 11 is 0. The minimum Gasteiger partial charge on any atom is -0.366 e. The minimum absolute atomic E-state index is 0.739. The van der Waals surface area contributed by atoms with Crippen molar-refractivity contribution in [3.8, 4) is 0 Å². The van der Waals surface area contributed by atoms with Crippen molar-refractivity contribution in [2.75, 3.05) is 10.6 Å². The number of para-hydroxylation sites is 1. The van der Waals surface area contributed by atoms with E-state index >= 15 is 0 Å². The maximum Gasteiger partial charge on any atom is 0.136 e. The van der Waals surface area contributed by atoms with Crippen molar-refractivity contribution in [2.24, 2.45) is 0 Å². The lowest BCUT2D eigenvalue weighted by Gasteiger charge is -2.14. The summed E-state index contributed by atoms with van der Waals surface area (Å²) in [5, 5.41) is 6.85. The Hall–Kier alpha value is -2.88. The second-order valence-corrected chi connectivity index (χ2v) is 6.36. The van der Waals surface area contributed by atoms with E-state index in [0.717, 1.165) is 29.7 Å². The van der Waals surface area contributed by atoms with Crippen LogP contribution in [-0.2, 0) is 6.54 Å². The lowest BCUT2D eigenvalue weighted by atomic mass is 10.1. The Kier molecular flexibility index (Phi) is 4.98. The van der Waals surface area contributed by atoms with Crippen molar-refractivity contribution < 1.29 is 0 Å². The fourth-order valence-electron chi connectivity index (χ4n) is 2.86. The molecular weight excluding hydrogens is 308 g/mol. The van der Waals surface area contributed by atoms with Crippen LogP contribution in [-0.4, -0.2) is 9.97 Å². The molecule has 0 aliphatic rings. The third-order valence-electron chi connectivity index (χ3n) is 4.29. The molecule has 4 heteroatoms. The molecule has 0 spiro atoms. The van der Waals surface area contributed by atoms with E-state index in [1.807, 2.05) is 13.0 Å². The highest BCUT2D eigenvalue weighted by molar-refractivity contribution is 5.65. The van der Waals surface area contributed by atoms with E-state index in [1.165, 1.54) is 22.3 Å². The van der Waals surface area contributed by atoms with Crippen LogP contribution in [0.3, 0.4) is 0 Å². The lowest BCUT2D eigenvalue weighted by molar-refractivity contribution is 1.02. The maximum absolute atomic E-state index is 4.52. The maximum atomic E-state index is 4.52. The van der Waals surface area contributed by atoms with Crippen molar-refractivity contribution in [3.05, 3.63) is 76.6 Å². The Morgan fingerprint density at radius 1 is 0.760 bits per heavy atom. The van der Waals surface area contributed by atoms with Gasteiger partial charge in [-0.2, -0.15) is 0 Å². The molecule has 3 aromatic rings. The number of anilines is 3. The molecule has 128 valence electrons. The third-order valence-corrected chi connectivity index (χ3v) is 4.29. The van der Waals surface area contributed by atoms with Crippen molar-refractivity contribution >= 4 is 17.3 Å². The summed E-state index contributed by atoms with van der Waals surface area (Å²) in [6.45, 7) is 8.97. The summed E-state index contributed by atoms with van der Waals surface area (Å²) in [6.07, 6.45) is 0. The molecule has 2 N–H and O–H groups in total. The largest absolute Gasteiger partial charge is 0.366 e. The number of benzene rings is 2. The van der Waals surface area contributed by atoms with Gasteiger partial charge in [0.05, 0.1) is 0 Å². The summed E-state index contributed by atoms with van der Waals surface area (Å²) in [4.78, 5) is 9.02. The first kappa shape index (κ1) is 17.0. The summed E-state index contributed by atoms with van der Waals surface area (Å²) in [5.41, 5.74) is 6.04. The average Bonchev–Trinajstić information content (AvgIpc) is 2.57. The van der Waals surface area contributed by atoms with Gasteiger partial charge < -0.3 is 10.6 Å². The fraction of sp³-hybridized carbons (Fsp3) is 0.238. The van der Waals surface area contributed by atoms with Gasteiger partial charge in [-0.1, -0.05) is 42.5 Å². The van der Waals surface area contributed by atoms with Crippen LogP contribution in [0, 0.1) is 27.7 Å². The Bertz CT molecular complexity index is 867. The highest BCUT2D eigenvalue weighted by atomic mass is 15.1. The van der Waals surface area contributed by atoms with Crippen LogP contribution >= 0.6 is 0 Å². The number of hydrogen-bond acceptors (Lipinski definition) is 4. The molecular formula is C21H24N4. The highest BCUT2D eigenvalue weighted by Crippen LogP contribution is 2.24. The predicted octanol–water partition coefficient (Wildman–Crippen LogP) is 5.07. The van der Waals surface area contributed by atoms with Crippen LogP contribution < -0.4 is 10.6 Å². The quantitative estimate of drug-likeness (QED) is 0.685. The second kappa shape index (κ2) is 7.34. The van der Waals surface area contributed by atoms with E-state index in [-0.39, 0.29) is 0 Å². The lowest BCUT2D eigenvalue weighted by Crippen LogP contribution is -2.06. The molecule has 0 fully saturated rings. The normalized spacial score (nSPS) is 10.6. The first-order valence-electron chi connectivity index (χ1n) is 8.50. The molecule has 2 aromatic carbocycles. The summed E-state index contributed by atoms with van der Waals surface area (Å²) < 4.78 is 0. The van der Waals surface area contributed by atoms with Gasteiger partial charge in [-0.25, -0.2) is 9.97 Å². The van der Waals surface area contributed by atoms with E-state index in [4.69, 9.17) is 0 Å². The van der Waals surface area contributed by atoms with Gasteiger partial charge in [-0.3, -0.25) is 0 Å². The number of aryl methyl sites for hydroxylation is 4. The molecule has 3 rings (SSSR count). The van der Waals surface area contributed by atoms with Crippen LogP contribution in [0.1, 0.15) is 28.1 Å². The average molecular weight is 332 g/mol. The Morgan fingerprint density at radius 2 is 1.40 bits per heavy atom. The van der Waals surface area contributed by atoms with E-state index in [0.29, 0.717) is 0 Å². The van der Waals surface area contributed by atoms with Crippen molar-refractivity contribution in [2.45, 2.75) is 34.2 Å². The standard InChI is InChI=1S/C21H24N4/c1-14-8-5-6-11-18(14)13-22-19-12-20(24-17(4)23-19)25-21-15(2)9-7-10-16(21)3/h5-12H,13H2,1-4H3,(H2,22,23,24,25). The molecule has 0 aliphatic carbocycles. The Balaban J connectivity index is 1.80. The van der Waals surface area contributed by atoms with Crippen LogP contribution in [0.2, 0.25) is 0 Å². The minimum atomic E-state index is 0.739. The van der Waals surface area contributed by atoms with E-state index in [2.05, 4.69) is 83.8 Å². The number of nitrogens with zero attached hydrogens (tertiary/aromatic N) is 2. The molecule has 25 heavy (non-hydrogen) atoms. The molecule has 0 saturated carbocycles. The molecule has 0 saturated heterocycles. The van der Waals surface area contributed by atoms with Gasteiger partial charge in [-0.15, -0.1) is 0 Å². The van der Waals surface area contributed by atoms with E-state index < -0.39 is 0 Å². The Labute approximate surface area is 149 Å². The smallest absolute Gasteiger partial charge is 0.136 e. The summed E-state index contributed by atoms with van der Waals surface area (Å²) in [7, 11) is 0. The molecule has 0 aliphatic heterocycles. The van der Waals surface area contributed by atoms with Crippen LogP contribution in [0.15, 0.2) is 48.5 Å². The number of hydrogen-bond donors (Lipinski definition) is 2. The van der Waals surface area contributed by atoms with Gasteiger partial charge in [-0.05, 0) is 49.9 Å². The summed E-state index contributed by atoms with van der Waals surface area (Å²) in [5.74, 6) is 2.37. The molecule has 1 aromatic heterocycles. The number of nitrogens with one attached hydrogen (secondary N) is 2.